The summed E-state index contributed by atoms with van der Waals surface area (Å²) in [5.41, 5.74) is 0.930. The molecule has 3 rings (SSSR count). The zero-order chi connectivity index (χ0) is 16.9. The predicted molar refractivity (Wildman–Crippen MR) is 88.1 cm³/mol. The van der Waals surface area contributed by atoms with Gasteiger partial charge in [-0.05, 0) is 24.5 Å². The molecule has 0 aliphatic carbocycles. The Balaban J connectivity index is 1.42. The van der Waals surface area contributed by atoms with Gasteiger partial charge in [-0.15, -0.1) is 0 Å². The summed E-state index contributed by atoms with van der Waals surface area (Å²) < 4.78 is 0. The van der Waals surface area contributed by atoms with E-state index in [0.717, 1.165) is 24.5 Å². The summed E-state index contributed by atoms with van der Waals surface area (Å²) in [6.07, 6.45) is 4.85. The molecule has 2 aliphatic rings. The number of nitrogens with one attached hydrogen (secondary N) is 1. The minimum absolute atomic E-state index is 0.136. The number of amides is 3. The summed E-state index contributed by atoms with van der Waals surface area (Å²) in [7, 11) is 0. The first kappa shape index (κ1) is 16.4. The molecule has 3 heterocycles. The second-order valence-electron chi connectivity index (χ2n) is 6.18. The summed E-state index contributed by atoms with van der Waals surface area (Å²) in [6.45, 7) is 2.66. The maximum Gasteiger partial charge on any atom is 0.229 e. The lowest BCUT2D eigenvalue weighted by atomic mass is 10.2. The van der Waals surface area contributed by atoms with Crippen LogP contribution >= 0.6 is 0 Å². The molecule has 2 fully saturated rings. The fourth-order valence-corrected chi connectivity index (χ4v) is 3.03. The molecule has 1 N–H and O–H groups in total. The molecule has 24 heavy (non-hydrogen) atoms. The summed E-state index contributed by atoms with van der Waals surface area (Å²) in [4.78, 5) is 42.7. The Hall–Kier alpha value is -2.44. The van der Waals surface area contributed by atoms with Gasteiger partial charge < -0.3 is 10.2 Å². The van der Waals surface area contributed by atoms with E-state index in [1.165, 1.54) is 17.7 Å². The van der Waals surface area contributed by atoms with E-state index in [-0.39, 0.29) is 43.5 Å². The van der Waals surface area contributed by atoms with Crippen molar-refractivity contribution in [1.29, 1.82) is 0 Å². The van der Waals surface area contributed by atoms with Crippen LogP contribution in [-0.2, 0) is 20.9 Å². The van der Waals surface area contributed by atoms with E-state index in [1.54, 1.807) is 6.20 Å². The molecular weight excluding hydrogens is 308 g/mol. The molecule has 2 saturated heterocycles. The van der Waals surface area contributed by atoms with Crippen molar-refractivity contribution in [2.24, 2.45) is 0 Å². The van der Waals surface area contributed by atoms with Crippen LogP contribution in [0.15, 0.2) is 18.3 Å². The van der Waals surface area contributed by atoms with Crippen molar-refractivity contribution in [2.45, 2.75) is 38.6 Å². The molecular formula is C17H22N4O3. The normalized spacial score (nSPS) is 17.7. The van der Waals surface area contributed by atoms with Crippen LogP contribution in [0, 0.1) is 0 Å². The number of carbonyl (C=O) groups excluding carboxylic acids is 3. The van der Waals surface area contributed by atoms with Gasteiger partial charge in [-0.3, -0.25) is 19.3 Å². The summed E-state index contributed by atoms with van der Waals surface area (Å²) in [6, 6.07) is 3.95. The number of imide groups is 1. The third-order valence-corrected chi connectivity index (χ3v) is 4.45. The Morgan fingerprint density at radius 3 is 2.46 bits per heavy atom. The molecule has 0 atom stereocenters. The summed E-state index contributed by atoms with van der Waals surface area (Å²) in [5, 5.41) is 2.80. The van der Waals surface area contributed by atoms with Crippen LogP contribution in [0.1, 0.15) is 37.7 Å². The van der Waals surface area contributed by atoms with Crippen molar-refractivity contribution in [3.63, 3.8) is 0 Å². The largest absolute Gasteiger partial charge is 0.357 e. The van der Waals surface area contributed by atoms with Crippen LogP contribution in [-0.4, -0.2) is 47.2 Å². The van der Waals surface area contributed by atoms with Gasteiger partial charge in [0.05, 0.1) is 0 Å². The highest BCUT2D eigenvalue weighted by atomic mass is 16.2. The Kier molecular flexibility index (Phi) is 5.08. The van der Waals surface area contributed by atoms with E-state index < -0.39 is 0 Å². The molecule has 2 aliphatic heterocycles. The number of anilines is 1. The maximum atomic E-state index is 11.9. The second-order valence-corrected chi connectivity index (χ2v) is 6.18. The van der Waals surface area contributed by atoms with Gasteiger partial charge in [0.25, 0.3) is 0 Å². The van der Waals surface area contributed by atoms with E-state index >= 15 is 0 Å². The Morgan fingerprint density at radius 2 is 1.83 bits per heavy atom. The number of hydrogen-bond acceptors (Lipinski definition) is 5. The van der Waals surface area contributed by atoms with Gasteiger partial charge in [-0.2, -0.15) is 0 Å². The van der Waals surface area contributed by atoms with Crippen molar-refractivity contribution in [1.82, 2.24) is 15.2 Å². The lowest BCUT2D eigenvalue weighted by Crippen LogP contribution is -2.34. The van der Waals surface area contributed by atoms with Gasteiger partial charge in [-0.1, -0.05) is 6.07 Å². The molecule has 1 aromatic rings. The average molecular weight is 330 g/mol. The predicted octanol–water partition coefficient (Wildman–Crippen LogP) is 0.837. The lowest BCUT2D eigenvalue weighted by Gasteiger charge is -2.16. The van der Waals surface area contributed by atoms with E-state index in [9.17, 15) is 14.4 Å². The Labute approximate surface area is 141 Å². The number of rotatable bonds is 6. The van der Waals surface area contributed by atoms with Crippen molar-refractivity contribution >= 4 is 23.5 Å². The van der Waals surface area contributed by atoms with Gasteiger partial charge in [-0.25, -0.2) is 4.98 Å². The molecule has 128 valence electrons. The molecule has 0 saturated carbocycles. The zero-order valence-electron chi connectivity index (χ0n) is 13.7. The maximum absolute atomic E-state index is 11.9. The van der Waals surface area contributed by atoms with Crippen molar-refractivity contribution < 1.29 is 14.4 Å². The number of nitrogens with zero attached hydrogens (tertiary/aromatic N) is 3. The first-order valence-electron chi connectivity index (χ1n) is 8.43. The van der Waals surface area contributed by atoms with E-state index in [1.807, 2.05) is 12.1 Å². The molecule has 0 aromatic carbocycles. The van der Waals surface area contributed by atoms with Crippen LogP contribution in [0.4, 0.5) is 5.82 Å². The first-order chi connectivity index (χ1) is 11.6. The Bertz CT molecular complexity index is 607. The van der Waals surface area contributed by atoms with Crippen molar-refractivity contribution in [2.75, 3.05) is 24.5 Å². The topological polar surface area (TPSA) is 82.6 Å². The minimum atomic E-state index is -0.186. The van der Waals surface area contributed by atoms with Crippen LogP contribution in [0.3, 0.4) is 0 Å². The van der Waals surface area contributed by atoms with Crippen LogP contribution < -0.4 is 10.2 Å². The molecule has 1 aromatic heterocycles. The monoisotopic (exact) mass is 330 g/mol. The molecule has 7 heteroatoms. The van der Waals surface area contributed by atoms with Gasteiger partial charge >= 0.3 is 0 Å². The average Bonchev–Trinajstić information content (AvgIpc) is 3.23. The summed E-state index contributed by atoms with van der Waals surface area (Å²) in [5.74, 6) is 0.434. The fourth-order valence-electron chi connectivity index (χ4n) is 3.03. The Morgan fingerprint density at radius 1 is 1.12 bits per heavy atom. The molecule has 0 radical (unpaired) electrons. The van der Waals surface area contributed by atoms with Crippen molar-refractivity contribution in [3.05, 3.63) is 23.9 Å². The fraction of sp³-hybridized carbons (Fsp3) is 0.529. The smallest absolute Gasteiger partial charge is 0.229 e. The summed E-state index contributed by atoms with van der Waals surface area (Å²) >= 11 is 0. The SMILES string of the molecule is O=C(CCN1C(=O)CCC1=O)NCc1ccc(N2CCCC2)nc1. The van der Waals surface area contributed by atoms with Gasteiger partial charge in [0.1, 0.15) is 5.82 Å². The molecule has 0 spiro atoms. The van der Waals surface area contributed by atoms with E-state index in [2.05, 4.69) is 15.2 Å². The highest BCUT2D eigenvalue weighted by molar-refractivity contribution is 6.02. The third kappa shape index (κ3) is 3.90. The lowest BCUT2D eigenvalue weighted by molar-refractivity contribution is -0.138. The molecule has 7 nitrogen and oxygen atoms in total. The van der Waals surface area contributed by atoms with Gasteiger partial charge in [0, 0.05) is 51.6 Å². The number of carbonyl (C=O) groups is 3. The van der Waals surface area contributed by atoms with E-state index in [4.69, 9.17) is 0 Å². The first-order valence-corrected chi connectivity index (χ1v) is 8.43. The molecule has 3 amide bonds. The van der Waals surface area contributed by atoms with E-state index in [0.29, 0.717) is 6.54 Å². The molecule has 0 unspecified atom stereocenters. The second kappa shape index (κ2) is 7.42. The minimum Gasteiger partial charge on any atom is -0.357 e. The van der Waals surface area contributed by atoms with Crippen LogP contribution in [0.2, 0.25) is 0 Å². The number of pyridine rings is 1. The van der Waals surface area contributed by atoms with Gasteiger partial charge in [0.2, 0.25) is 17.7 Å². The van der Waals surface area contributed by atoms with Crippen LogP contribution in [0.5, 0.6) is 0 Å². The highest BCUT2D eigenvalue weighted by Gasteiger charge is 2.28. The van der Waals surface area contributed by atoms with Gasteiger partial charge in [0.15, 0.2) is 0 Å². The number of aromatic nitrogens is 1. The standard InChI is InChI=1S/C17H22N4O3/c22-15(7-10-21-16(23)5-6-17(21)24)19-12-13-3-4-14(18-11-13)20-8-1-2-9-20/h3-4,11H,1-2,5-10,12H2,(H,19,22). The quantitative estimate of drug-likeness (QED) is 0.782. The highest BCUT2D eigenvalue weighted by Crippen LogP contribution is 2.17. The zero-order valence-corrected chi connectivity index (χ0v) is 13.7. The number of likely N-dealkylation sites (tertiary alicyclic amines) is 1. The third-order valence-electron chi connectivity index (χ3n) is 4.45. The van der Waals surface area contributed by atoms with Crippen molar-refractivity contribution in [3.8, 4) is 0 Å². The van der Waals surface area contributed by atoms with Crippen LogP contribution in [0.25, 0.3) is 0 Å². The number of hydrogen-bond donors (Lipinski definition) is 1. The molecule has 0 bridgehead atoms.